The maximum atomic E-state index is 14.4. The van der Waals surface area contributed by atoms with Gasteiger partial charge in [-0.3, -0.25) is 19.3 Å². The summed E-state index contributed by atoms with van der Waals surface area (Å²) in [7, 11) is 0. The number of rotatable bonds is 4. The van der Waals surface area contributed by atoms with Crippen molar-refractivity contribution in [2.24, 2.45) is 5.92 Å². The first kappa shape index (κ1) is 23.2. The predicted octanol–water partition coefficient (Wildman–Crippen LogP) is 4.54. The fraction of sp³-hybridized carbons (Fsp3) is 0.154. The van der Waals surface area contributed by atoms with Crippen LogP contribution in [0.5, 0.6) is 5.75 Å². The largest absolute Gasteiger partial charge is 0.505 e. The van der Waals surface area contributed by atoms with E-state index < -0.39 is 46.5 Å². The second-order valence-electron chi connectivity index (χ2n) is 8.47. The number of hydrogen-bond acceptors (Lipinski definition) is 6. The topological polar surface area (TPSA) is 125 Å². The van der Waals surface area contributed by atoms with Gasteiger partial charge >= 0.3 is 5.97 Å². The molecule has 1 unspecified atom stereocenters. The van der Waals surface area contributed by atoms with Crippen molar-refractivity contribution in [3.05, 3.63) is 69.9 Å². The van der Waals surface area contributed by atoms with E-state index in [0.29, 0.717) is 6.42 Å². The zero-order chi connectivity index (χ0) is 25.9. The van der Waals surface area contributed by atoms with Crippen molar-refractivity contribution < 1.29 is 37.8 Å². The number of phenolic OH excluding ortho intramolecular Hbond substituents is 1. The van der Waals surface area contributed by atoms with Crippen LogP contribution in [0.3, 0.4) is 0 Å². The summed E-state index contributed by atoms with van der Waals surface area (Å²) in [4.78, 5) is 50.3. The SMILES string of the molecule is CCC1CC(=O)N(c2ccc(-c3c4cc(F)c(=O)cc-4oc4cc(O)c(F)cc34)c(C(=O)O)c2)C1=O. The molecule has 182 valence electrons. The van der Waals surface area contributed by atoms with E-state index in [0.717, 1.165) is 35.2 Å². The highest BCUT2D eigenvalue weighted by molar-refractivity contribution is 6.21. The summed E-state index contributed by atoms with van der Waals surface area (Å²) in [6, 6.07) is 7.43. The van der Waals surface area contributed by atoms with Crippen LogP contribution in [0.25, 0.3) is 33.4 Å². The van der Waals surface area contributed by atoms with Crippen LogP contribution in [0, 0.1) is 17.6 Å². The molecule has 1 saturated heterocycles. The van der Waals surface area contributed by atoms with Crippen molar-refractivity contribution in [3.8, 4) is 28.2 Å². The van der Waals surface area contributed by atoms with Gasteiger partial charge in [0.05, 0.1) is 11.3 Å². The lowest BCUT2D eigenvalue weighted by molar-refractivity contribution is -0.122. The van der Waals surface area contributed by atoms with Gasteiger partial charge in [0.25, 0.3) is 0 Å². The van der Waals surface area contributed by atoms with E-state index in [-0.39, 0.29) is 51.1 Å². The summed E-state index contributed by atoms with van der Waals surface area (Å²) >= 11 is 0. The fourth-order valence-corrected chi connectivity index (χ4v) is 4.54. The number of amides is 2. The number of imide groups is 1. The van der Waals surface area contributed by atoms with Crippen LogP contribution in [-0.4, -0.2) is 28.0 Å². The molecule has 1 fully saturated rings. The predicted molar refractivity (Wildman–Crippen MR) is 124 cm³/mol. The molecule has 2 heterocycles. The van der Waals surface area contributed by atoms with Gasteiger partial charge in [-0.05, 0) is 36.2 Å². The zero-order valence-electron chi connectivity index (χ0n) is 18.7. The monoisotopic (exact) mass is 493 g/mol. The number of nitrogens with zero attached hydrogens (tertiary/aromatic N) is 1. The Morgan fingerprint density at radius 1 is 1.06 bits per heavy atom. The third-order valence-corrected chi connectivity index (χ3v) is 6.34. The second-order valence-corrected chi connectivity index (χ2v) is 8.47. The molecule has 2 aliphatic heterocycles. The normalized spacial score (nSPS) is 15.9. The summed E-state index contributed by atoms with van der Waals surface area (Å²) in [5.41, 5.74) is -1.37. The Morgan fingerprint density at radius 2 is 1.81 bits per heavy atom. The van der Waals surface area contributed by atoms with Crippen molar-refractivity contribution in [3.63, 3.8) is 0 Å². The van der Waals surface area contributed by atoms with Crippen molar-refractivity contribution in [2.75, 3.05) is 4.90 Å². The Balaban J connectivity index is 1.83. The molecule has 36 heavy (non-hydrogen) atoms. The molecule has 0 bridgehead atoms. The average Bonchev–Trinajstić information content (AvgIpc) is 3.12. The van der Waals surface area contributed by atoms with E-state index >= 15 is 0 Å². The van der Waals surface area contributed by atoms with Gasteiger partial charge in [0.1, 0.15) is 11.3 Å². The Hall–Kier alpha value is -4.60. The third kappa shape index (κ3) is 3.49. The molecule has 1 aliphatic carbocycles. The molecule has 0 saturated carbocycles. The van der Waals surface area contributed by atoms with Crippen LogP contribution < -0.4 is 10.3 Å². The third-order valence-electron chi connectivity index (χ3n) is 6.34. The number of aromatic carboxylic acids is 1. The van der Waals surface area contributed by atoms with Crippen LogP contribution in [0.4, 0.5) is 14.5 Å². The maximum absolute atomic E-state index is 14.4. The molecule has 10 heteroatoms. The van der Waals surface area contributed by atoms with E-state index in [2.05, 4.69) is 0 Å². The van der Waals surface area contributed by atoms with Gasteiger partial charge in [0.2, 0.25) is 17.2 Å². The molecule has 2 N–H and O–H groups in total. The van der Waals surface area contributed by atoms with Gasteiger partial charge in [-0.2, -0.15) is 0 Å². The number of carbonyl (C=O) groups is 3. The van der Waals surface area contributed by atoms with Crippen molar-refractivity contribution in [1.82, 2.24) is 0 Å². The Labute approximate surface area is 201 Å². The summed E-state index contributed by atoms with van der Waals surface area (Å²) in [6.07, 6.45) is 0.455. The van der Waals surface area contributed by atoms with E-state index in [1.54, 1.807) is 6.92 Å². The van der Waals surface area contributed by atoms with Crippen LogP contribution in [0.2, 0.25) is 0 Å². The second kappa shape index (κ2) is 8.26. The smallest absolute Gasteiger partial charge is 0.336 e. The van der Waals surface area contributed by atoms with Crippen LogP contribution in [0.15, 0.2) is 51.7 Å². The van der Waals surface area contributed by atoms with Crippen LogP contribution in [0.1, 0.15) is 30.1 Å². The van der Waals surface area contributed by atoms with Crippen LogP contribution >= 0.6 is 0 Å². The lowest BCUT2D eigenvalue weighted by Crippen LogP contribution is -2.30. The number of anilines is 1. The van der Waals surface area contributed by atoms with Crippen molar-refractivity contribution >= 4 is 34.4 Å². The van der Waals surface area contributed by atoms with Gasteiger partial charge in [-0.15, -0.1) is 0 Å². The molecule has 2 aromatic rings. The van der Waals surface area contributed by atoms with Gasteiger partial charge < -0.3 is 14.6 Å². The van der Waals surface area contributed by atoms with E-state index in [9.17, 15) is 38.2 Å². The quantitative estimate of drug-likeness (QED) is 0.316. The first-order valence-electron chi connectivity index (χ1n) is 10.9. The van der Waals surface area contributed by atoms with Gasteiger partial charge in [0, 0.05) is 41.0 Å². The molecule has 5 rings (SSSR count). The molecule has 8 nitrogen and oxygen atoms in total. The first-order valence-corrected chi connectivity index (χ1v) is 10.9. The van der Waals surface area contributed by atoms with Crippen molar-refractivity contribution in [2.45, 2.75) is 19.8 Å². The maximum Gasteiger partial charge on any atom is 0.336 e. The highest BCUT2D eigenvalue weighted by atomic mass is 19.1. The molecular weight excluding hydrogens is 476 g/mol. The molecule has 0 aromatic heterocycles. The molecule has 1 atom stereocenters. The molecule has 3 aliphatic rings. The summed E-state index contributed by atoms with van der Waals surface area (Å²) in [6.45, 7) is 1.77. The highest BCUT2D eigenvalue weighted by Gasteiger charge is 2.39. The van der Waals surface area contributed by atoms with Gasteiger partial charge in [0.15, 0.2) is 17.4 Å². The highest BCUT2D eigenvalue weighted by Crippen LogP contribution is 2.44. The number of carboxylic acids is 1. The number of phenols is 1. The number of carbonyl (C=O) groups excluding carboxylic acids is 2. The Morgan fingerprint density at radius 3 is 2.47 bits per heavy atom. The van der Waals surface area contributed by atoms with Crippen molar-refractivity contribution in [1.29, 1.82) is 0 Å². The number of hydrogen-bond donors (Lipinski definition) is 2. The number of aromatic hydroxyl groups is 1. The molecule has 2 aromatic carbocycles. The van der Waals surface area contributed by atoms with Gasteiger partial charge in [-0.25, -0.2) is 13.6 Å². The number of fused-ring (bicyclic) bond motifs is 2. The first-order chi connectivity index (χ1) is 17.1. The van der Waals surface area contributed by atoms with Gasteiger partial charge in [-0.1, -0.05) is 13.0 Å². The zero-order valence-corrected chi connectivity index (χ0v) is 18.7. The fourth-order valence-electron chi connectivity index (χ4n) is 4.54. The minimum Gasteiger partial charge on any atom is -0.505 e. The molecular formula is C26H17F2NO7. The molecule has 0 radical (unpaired) electrons. The Kier molecular flexibility index (Phi) is 5.31. The van der Waals surface area contributed by atoms with E-state index in [1.165, 1.54) is 12.1 Å². The Bertz CT molecular complexity index is 1640. The molecule has 0 spiro atoms. The number of halogens is 2. The minimum absolute atomic E-state index is 0.00507. The standard InChI is InChI=1S/C26H17F2NO7/c1-2-11-5-23(32)29(25(11)33)12-3-4-13(14(6-12)26(34)35)24-15-7-17(27)19(30)9-21(15)36-22-10-20(31)18(28)8-16(22)24/h3-4,6-11,30H,2,5H2,1H3,(H,34,35). The lowest BCUT2D eigenvalue weighted by atomic mass is 9.90. The summed E-state index contributed by atoms with van der Waals surface area (Å²) < 4.78 is 34.3. The van der Waals surface area contributed by atoms with E-state index in [1.807, 2.05) is 0 Å². The summed E-state index contributed by atoms with van der Waals surface area (Å²) in [5, 5.41) is 19.8. The lowest BCUT2D eigenvalue weighted by Gasteiger charge is -2.20. The molecule has 2 amide bonds. The van der Waals surface area contributed by atoms with E-state index in [4.69, 9.17) is 4.42 Å². The minimum atomic E-state index is -1.43. The summed E-state index contributed by atoms with van der Waals surface area (Å²) in [5.74, 6) is -5.88. The number of carboxylic acid groups (broad SMARTS) is 1. The van der Waals surface area contributed by atoms with Crippen LogP contribution in [-0.2, 0) is 9.59 Å². The number of benzene rings is 3. The average molecular weight is 493 g/mol.